The fraction of sp³-hybridized carbons (Fsp3) is 0.133. The first kappa shape index (κ1) is 14.3. The topological polar surface area (TPSA) is 96.9 Å². The Bertz CT molecular complexity index is 736. The standard InChI is InChI=1S/C15H11N3O3/c1-10-4-2-6-13(18(20)21)14(10)15(19)12(8-16)11-5-3-7-17-9-11/h2-7,9,12H,1H3. The number of hydrogen-bond donors (Lipinski definition) is 0. The van der Waals surface area contributed by atoms with Crippen LogP contribution < -0.4 is 0 Å². The van der Waals surface area contributed by atoms with E-state index >= 15 is 0 Å². The first-order valence-corrected chi connectivity index (χ1v) is 6.14. The molecule has 1 aromatic heterocycles. The zero-order chi connectivity index (χ0) is 15.4. The van der Waals surface area contributed by atoms with Gasteiger partial charge in [0.05, 0.1) is 16.6 Å². The Labute approximate surface area is 120 Å². The third kappa shape index (κ3) is 2.77. The number of aromatic nitrogens is 1. The minimum Gasteiger partial charge on any atom is -0.292 e. The summed E-state index contributed by atoms with van der Waals surface area (Å²) >= 11 is 0. The highest BCUT2D eigenvalue weighted by molar-refractivity contribution is 6.06. The lowest BCUT2D eigenvalue weighted by Gasteiger charge is -2.10. The van der Waals surface area contributed by atoms with Crippen LogP contribution >= 0.6 is 0 Å². The maximum Gasteiger partial charge on any atom is 0.280 e. The fourth-order valence-electron chi connectivity index (χ4n) is 2.10. The average molecular weight is 281 g/mol. The summed E-state index contributed by atoms with van der Waals surface area (Å²) in [4.78, 5) is 26.9. The molecule has 0 bridgehead atoms. The maximum absolute atomic E-state index is 12.6. The minimum atomic E-state index is -1.11. The summed E-state index contributed by atoms with van der Waals surface area (Å²) in [6.45, 7) is 1.61. The quantitative estimate of drug-likeness (QED) is 0.487. The van der Waals surface area contributed by atoms with Crippen LogP contribution in [0.25, 0.3) is 0 Å². The predicted octanol–water partition coefficient (Wildman–Crippen LogP) is 2.79. The van der Waals surface area contributed by atoms with Crippen molar-refractivity contribution in [1.29, 1.82) is 5.26 Å². The molecule has 0 radical (unpaired) electrons. The maximum atomic E-state index is 12.6. The Morgan fingerprint density at radius 1 is 1.38 bits per heavy atom. The van der Waals surface area contributed by atoms with E-state index in [4.69, 9.17) is 0 Å². The van der Waals surface area contributed by atoms with Gasteiger partial charge >= 0.3 is 0 Å². The van der Waals surface area contributed by atoms with Crippen molar-refractivity contribution in [3.05, 3.63) is 69.5 Å². The van der Waals surface area contributed by atoms with Gasteiger partial charge < -0.3 is 0 Å². The van der Waals surface area contributed by atoms with Crippen LogP contribution in [0, 0.1) is 28.4 Å². The van der Waals surface area contributed by atoms with Gasteiger partial charge in [0.15, 0.2) is 5.78 Å². The minimum absolute atomic E-state index is 0.0297. The van der Waals surface area contributed by atoms with Crippen molar-refractivity contribution in [2.45, 2.75) is 12.8 Å². The van der Waals surface area contributed by atoms with Crippen LogP contribution in [0.2, 0.25) is 0 Å². The van der Waals surface area contributed by atoms with Crippen molar-refractivity contribution in [2.24, 2.45) is 0 Å². The number of hydrogen-bond acceptors (Lipinski definition) is 5. The second-order valence-corrected chi connectivity index (χ2v) is 4.44. The molecule has 1 atom stereocenters. The molecule has 0 aliphatic rings. The summed E-state index contributed by atoms with van der Waals surface area (Å²) in [5.41, 5.74) is 0.572. The van der Waals surface area contributed by atoms with Gasteiger partial charge in [-0.3, -0.25) is 19.9 Å². The summed E-state index contributed by atoms with van der Waals surface area (Å²) in [7, 11) is 0. The van der Waals surface area contributed by atoms with E-state index in [2.05, 4.69) is 4.98 Å². The molecule has 104 valence electrons. The van der Waals surface area contributed by atoms with E-state index < -0.39 is 16.6 Å². The molecule has 0 N–H and O–H groups in total. The number of ketones is 1. The Hall–Kier alpha value is -3.07. The van der Waals surface area contributed by atoms with Crippen LogP contribution in [0.1, 0.15) is 27.4 Å². The van der Waals surface area contributed by atoms with Crippen LogP contribution in [-0.4, -0.2) is 15.7 Å². The SMILES string of the molecule is Cc1cccc([N+](=O)[O-])c1C(=O)C(C#N)c1cccnc1. The zero-order valence-electron chi connectivity index (χ0n) is 11.2. The number of nitrogens with zero attached hydrogens (tertiary/aromatic N) is 3. The van der Waals surface area contributed by atoms with E-state index in [9.17, 15) is 20.2 Å². The van der Waals surface area contributed by atoms with Gasteiger partial charge in [-0.25, -0.2) is 0 Å². The van der Waals surface area contributed by atoms with Crippen molar-refractivity contribution in [3.63, 3.8) is 0 Å². The molecule has 2 aromatic rings. The predicted molar refractivity (Wildman–Crippen MR) is 74.8 cm³/mol. The van der Waals surface area contributed by atoms with Crippen LogP contribution in [0.5, 0.6) is 0 Å². The lowest BCUT2D eigenvalue weighted by molar-refractivity contribution is -0.385. The van der Waals surface area contributed by atoms with Crippen LogP contribution in [0.4, 0.5) is 5.69 Å². The van der Waals surface area contributed by atoms with Gasteiger partial charge in [0.2, 0.25) is 0 Å². The summed E-state index contributed by atoms with van der Waals surface area (Å²) in [5, 5.41) is 20.3. The molecule has 0 amide bonds. The summed E-state index contributed by atoms with van der Waals surface area (Å²) < 4.78 is 0. The highest BCUT2D eigenvalue weighted by Crippen LogP contribution is 2.28. The fourth-order valence-corrected chi connectivity index (χ4v) is 2.10. The number of nitriles is 1. The molecular formula is C15H11N3O3. The molecule has 0 spiro atoms. The molecule has 0 aliphatic carbocycles. The average Bonchev–Trinajstić information content (AvgIpc) is 2.48. The molecule has 1 aromatic carbocycles. The lowest BCUT2D eigenvalue weighted by Crippen LogP contribution is -2.15. The molecule has 21 heavy (non-hydrogen) atoms. The smallest absolute Gasteiger partial charge is 0.280 e. The number of pyridine rings is 1. The Balaban J connectivity index is 2.54. The Kier molecular flexibility index (Phi) is 4.05. The number of benzene rings is 1. The van der Waals surface area contributed by atoms with E-state index in [0.717, 1.165) is 0 Å². The number of aryl methyl sites for hydroxylation is 1. The van der Waals surface area contributed by atoms with Crippen molar-refractivity contribution in [1.82, 2.24) is 4.98 Å². The van der Waals surface area contributed by atoms with Gasteiger partial charge in [0.25, 0.3) is 5.69 Å². The normalized spacial score (nSPS) is 11.4. The van der Waals surface area contributed by atoms with Gasteiger partial charge in [-0.15, -0.1) is 0 Å². The zero-order valence-corrected chi connectivity index (χ0v) is 11.2. The largest absolute Gasteiger partial charge is 0.292 e. The monoisotopic (exact) mass is 281 g/mol. The van der Waals surface area contributed by atoms with Crippen LogP contribution in [0.3, 0.4) is 0 Å². The first-order chi connectivity index (χ1) is 10.1. The number of Topliss-reactive ketones (excluding diaryl/α,β-unsaturated/α-hetero) is 1. The third-order valence-electron chi connectivity index (χ3n) is 3.10. The van der Waals surface area contributed by atoms with Crippen LogP contribution in [0.15, 0.2) is 42.7 Å². The molecule has 0 saturated carbocycles. The molecule has 0 fully saturated rings. The van der Waals surface area contributed by atoms with Crippen molar-refractivity contribution >= 4 is 11.5 Å². The molecule has 0 aliphatic heterocycles. The van der Waals surface area contributed by atoms with Crippen molar-refractivity contribution in [3.8, 4) is 6.07 Å². The highest BCUT2D eigenvalue weighted by Gasteiger charge is 2.29. The number of nitro benzene ring substituents is 1. The second kappa shape index (κ2) is 5.92. The molecule has 1 heterocycles. The van der Waals surface area contributed by atoms with E-state index in [1.54, 1.807) is 25.1 Å². The summed E-state index contributed by atoms with van der Waals surface area (Å²) in [5.74, 6) is -1.70. The van der Waals surface area contributed by atoms with Crippen LogP contribution in [-0.2, 0) is 0 Å². The van der Waals surface area contributed by atoms with Crippen molar-refractivity contribution < 1.29 is 9.72 Å². The first-order valence-electron chi connectivity index (χ1n) is 6.14. The van der Waals surface area contributed by atoms with Gasteiger partial charge in [-0.1, -0.05) is 18.2 Å². The number of carbonyl (C=O) groups is 1. The number of nitro groups is 1. The third-order valence-corrected chi connectivity index (χ3v) is 3.10. The molecule has 6 heteroatoms. The van der Waals surface area contributed by atoms with E-state index in [1.807, 2.05) is 6.07 Å². The number of carbonyl (C=O) groups excluding carboxylic acids is 1. The summed E-state index contributed by atoms with van der Waals surface area (Å²) in [6.07, 6.45) is 2.94. The Morgan fingerprint density at radius 2 is 2.14 bits per heavy atom. The molecular weight excluding hydrogens is 270 g/mol. The van der Waals surface area contributed by atoms with Gasteiger partial charge in [0, 0.05) is 18.5 Å². The van der Waals surface area contributed by atoms with Gasteiger partial charge in [0.1, 0.15) is 5.92 Å². The molecule has 1 unspecified atom stereocenters. The second-order valence-electron chi connectivity index (χ2n) is 4.44. The molecule has 0 saturated heterocycles. The number of rotatable bonds is 4. The van der Waals surface area contributed by atoms with Gasteiger partial charge in [-0.2, -0.15) is 5.26 Å². The summed E-state index contributed by atoms with van der Waals surface area (Å²) in [6, 6.07) is 9.49. The van der Waals surface area contributed by atoms with E-state index in [-0.39, 0.29) is 11.3 Å². The lowest BCUT2D eigenvalue weighted by atomic mass is 9.90. The van der Waals surface area contributed by atoms with E-state index in [1.165, 1.54) is 24.5 Å². The molecule has 6 nitrogen and oxygen atoms in total. The van der Waals surface area contributed by atoms with Crippen molar-refractivity contribution in [2.75, 3.05) is 0 Å². The molecule has 2 rings (SSSR count). The highest BCUT2D eigenvalue weighted by atomic mass is 16.6. The van der Waals surface area contributed by atoms with E-state index in [0.29, 0.717) is 11.1 Å². The van der Waals surface area contributed by atoms with Gasteiger partial charge in [-0.05, 0) is 24.1 Å². The Morgan fingerprint density at radius 3 is 2.71 bits per heavy atom.